The Kier molecular flexibility index (Phi) is 8.93. The lowest BCUT2D eigenvalue weighted by atomic mass is 10.2. The zero-order valence-corrected chi connectivity index (χ0v) is 17.0. The summed E-state index contributed by atoms with van der Waals surface area (Å²) in [4.78, 5) is 14.6. The molecule has 4 N–H and O–H groups in total. The number of rotatable bonds is 7. The minimum Gasteiger partial charge on any atom is -0.495 e. The molecule has 0 aliphatic carbocycles. The highest BCUT2D eigenvalue weighted by Crippen LogP contribution is 2.27. The van der Waals surface area contributed by atoms with E-state index in [4.69, 9.17) is 22.1 Å². The first kappa shape index (κ1) is 21.8. The maximum Gasteiger partial charge on any atom is 0.292 e. The number of nitro groups is 1. The molecule has 0 fully saturated rings. The number of aliphatic imine (C=N–C) groups is 1. The predicted octanol–water partition coefficient (Wildman–Crippen LogP) is 3.71. The summed E-state index contributed by atoms with van der Waals surface area (Å²) in [5.41, 5.74) is 6.95. The summed E-state index contributed by atoms with van der Waals surface area (Å²) in [5, 5.41) is 17.3. The molecule has 0 radical (unpaired) electrons. The molecule has 0 saturated carbocycles. The van der Waals surface area contributed by atoms with Gasteiger partial charge < -0.3 is 21.1 Å². The van der Waals surface area contributed by atoms with Crippen molar-refractivity contribution >= 4 is 58.6 Å². The van der Waals surface area contributed by atoms with E-state index in [2.05, 4.69) is 15.6 Å². The van der Waals surface area contributed by atoms with Crippen molar-refractivity contribution in [1.29, 1.82) is 0 Å². The number of ether oxygens (including phenoxy) is 1. The number of nitrogens with zero attached hydrogens (tertiary/aromatic N) is 2. The van der Waals surface area contributed by atoms with Crippen LogP contribution in [0.2, 0.25) is 5.02 Å². The van der Waals surface area contributed by atoms with E-state index in [9.17, 15) is 10.1 Å². The Labute approximate surface area is 172 Å². The van der Waals surface area contributed by atoms with Crippen molar-refractivity contribution in [3.63, 3.8) is 0 Å². The van der Waals surface area contributed by atoms with Crippen LogP contribution in [0, 0.1) is 10.1 Å². The van der Waals surface area contributed by atoms with Gasteiger partial charge in [-0.05, 0) is 24.3 Å². The quantitative estimate of drug-likeness (QED) is 0.136. The number of nitro benzene ring substituents is 1. The van der Waals surface area contributed by atoms with Crippen LogP contribution in [0.25, 0.3) is 0 Å². The Bertz CT molecular complexity index is 788. The van der Waals surface area contributed by atoms with E-state index >= 15 is 0 Å². The van der Waals surface area contributed by atoms with Gasteiger partial charge in [0.05, 0.1) is 23.6 Å². The molecule has 0 spiro atoms. The zero-order chi connectivity index (χ0) is 18.2. The zero-order valence-electron chi connectivity index (χ0n) is 13.9. The molecule has 2 rings (SSSR count). The fourth-order valence-corrected chi connectivity index (χ4v) is 2.34. The maximum atomic E-state index is 10.9. The Balaban J connectivity index is 0.00000338. The molecular weight excluding hydrogens is 473 g/mol. The molecule has 0 aromatic heterocycles. The molecule has 0 saturated heterocycles. The first-order chi connectivity index (χ1) is 12.0. The van der Waals surface area contributed by atoms with Crippen molar-refractivity contribution in [2.45, 2.75) is 0 Å². The van der Waals surface area contributed by atoms with Crippen LogP contribution < -0.4 is 21.1 Å². The van der Waals surface area contributed by atoms with Gasteiger partial charge in [0.2, 0.25) is 0 Å². The second-order valence-corrected chi connectivity index (χ2v) is 5.35. The third kappa shape index (κ3) is 6.23. The van der Waals surface area contributed by atoms with Crippen molar-refractivity contribution in [1.82, 2.24) is 0 Å². The normalized spacial score (nSPS) is 10.6. The van der Waals surface area contributed by atoms with Crippen LogP contribution in [0.3, 0.4) is 0 Å². The summed E-state index contributed by atoms with van der Waals surface area (Å²) in [7, 11) is 1.54. The maximum absolute atomic E-state index is 10.9. The average Bonchev–Trinajstić information content (AvgIpc) is 2.59. The minimum absolute atomic E-state index is 0. The number of halogens is 2. The Morgan fingerprint density at radius 2 is 2.08 bits per heavy atom. The number of guanidine groups is 1. The lowest BCUT2D eigenvalue weighted by Crippen LogP contribution is -2.23. The van der Waals surface area contributed by atoms with E-state index in [1.807, 2.05) is 0 Å². The van der Waals surface area contributed by atoms with Gasteiger partial charge >= 0.3 is 0 Å². The summed E-state index contributed by atoms with van der Waals surface area (Å²) in [6, 6.07) is 11.6. The number of hydrogen-bond acceptors (Lipinski definition) is 5. The van der Waals surface area contributed by atoms with Gasteiger partial charge in [0, 0.05) is 18.3 Å². The Morgan fingerprint density at radius 3 is 2.73 bits per heavy atom. The van der Waals surface area contributed by atoms with E-state index in [1.165, 1.54) is 13.2 Å². The third-order valence-corrected chi connectivity index (χ3v) is 3.53. The van der Waals surface area contributed by atoms with Gasteiger partial charge in [0.25, 0.3) is 5.69 Å². The molecule has 140 valence electrons. The van der Waals surface area contributed by atoms with Crippen LogP contribution in [0.5, 0.6) is 5.75 Å². The van der Waals surface area contributed by atoms with Crippen LogP contribution in [-0.2, 0) is 0 Å². The van der Waals surface area contributed by atoms with E-state index in [0.29, 0.717) is 35.2 Å². The highest BCUT2D eigenvalue weighted by molar-refractivity contribution is 14.0. The first-order valence-electron chi connectivity index (χ1n) is 7.39. The van der Waals surface area contributed by atoms with E-state index < -0.39 is 4.92 Å². The standard InChI is InChI=1S/C16H18ClN5O3.HI/c1-25-15-7-6-11(10-12(15)17)21-16(18)20-9-8-19-13-4-2-3-5-14(13)22(23)24;/h2-7,10,19H,8-9H2,1H3,(H3,18,20,21);1H. The van der Waals surface area contributed by atoms with Gasteiger partial charge in [0.15, 0.2) is 5.96 Å². The Hall–Kier alpha value is -2.27. The molecule has 0 aliphatic rings. The molecule has 0 unspecified atom stereocenters. The van der Waals surface area contributed by atoms with E-state index in [1.54, 1.807) is 36.4 Å². The third-order valence-electron chi connectivity index (χ3n) is 3.23. The molecule has 0 amide bonds. The number of para-hydroxylation sites is 2. The summed E-state index contributed by atoms with van der Waals surface area (Å²) in [6.45, 7) is 0.741. The number of hydrogen-bond donors (Lipinski definition) is 3. The summed E-state index contributed by atoms with van der Waals surface area (Å²) < 4.78 is 5.08. The van der Waals surface area contributed by atoms with E-state index in [-0.39, 0.29) is 35.6 Å². The lowest BCUT2D eigenvalue weighted by Gasteiger charge is -2.09. The van der Waals surface area contributed by atoms with Crippen molar-refractivity contribution < 1.29 is 9.66 Å². The second-order valence-electron chi connectivity index (χ2n) is 4.94. The molecule has 2 aromatic carbocycles. The number of benzene rings is 2. The highest BCUT2D eigenvalue weighted by Gasteiger charge is 2.11. The molecule has 10 heteroatoms. The van der Waals surface area contributed by atoms with Gasteiger partial charge in [-0.1, -0.05) is 23.7 Å². The Morgan fingerprint density at radius 1 is 1.35 bits per heavy atom. The monoisotopic (exact) mass is 491 g/mol. The molecule has 2 aromatic rings. The van der Waals surface area contributed by atoms with Gasteiger partial charge in [0.1, 0.15) is 11.4 Å². The molecule has 0 heterocycles. The van der Waals surface area contributed by atoms with Crippen molar-refractivity contribution in [3.05, 3.63) is 57.6 Å². The van der Waals surface area contributed by atoms with Gasteiger partial charge in [-0.2, -0.15) is 0 Å². The van der Waals surface area contributed by atoms with Crippen LogP contribution in [0.15, 0.2) is 47.5 Å². The molecule has 8 nitrogen and oxygen atoms in total. The molecule has 0 aliphatic heterocycles. The van der Waals surface area contributed by atoms with Crippen LogP contribution in [-0.4, -0.2) is 31.1 Å². The first-order valence-corrected chi connectivity index (χ1v) is 7.77. The predicted molar refractivity (Wildman–Crippen MR) is 115 cm³/mol. The number of nitrogens with one attached hydrogen (secondary N) is 2. The minimum atomic E-state index is -0.436. The SMILES string of the molecule is COc1ccc(NC(N)=NCCNc2ccccc2[N+](=O)[O-])cc1Cl.I. The number of anilines is 2. The second kappa shape index (κ2) is 10.7. The van der Waals surface area contributed by atoms with Crippen molar-refractivity contribution in [2.24, 2.45) is 10.7 Å². The molecule has 0 atom stereocenters. The summed E-state index contributed by atoms with van der Waals surface area (Å²) in [5.74, 6) is 0.780. The van der Waals surface area contributed by atoms with Crippen LogP contribution in [0.4, 0.5) is 17.1 Å². The van der Waals surface area contributed by atoms with E-state index in [0.717, 1.165) is 0 Å². The van der Waals surface area contributed by atoms with Gasteiger partial charge in [-0.3, -0.25) is 15.1 Å². The molecule has 0 bridgehead atoms. The number of methoxy groups -OCH3 is 1. The average molecular weight is 492 g/mol. The highest BCUT2D eigenvalue weighted by atomic mass is 127. The van der Waals surface area contributed by atoms with Crippen LogP contribution in [0.1, 0.15) is 0 Å². The molecular formula is C16H19ClIN5O3. The fourth-order valence-electron chi connectivity index (χ4n) is 2.08. The van der Waals surface area contributed by atoms with Crippen molar-refractivity contribution in [2.75, 3.05) is 30.8 Å². The van der Waals surface area contributed by atoms with Crippen molar-refractivity contribution in [3.8, 4) is 5.75 Å². The fraction of sp³-hybridized carbons (Fsp3) is 0.188. The summed E-state index contributed by atoms with van der Waals surface area (Å²) >= 11 is 6.04. The molecule has 26 heavy (non-hydrogen) atoms. The topological polar surface area (TPSA) is 115 Å². The smallest absolute Gasteiger partial charge is 0.292 e. The van der Waals surface area contributed by atoms with Crippen LogP contribution >= 0.6 is 35.6 Å². The van der Waals surface area contributed by atoms with Gasteiger partial charge in [-0.25, -0.2) is 0 Å². The van der Waals surface area contributed by atoms with Gasteiger partial charge in [-0.15, -0.1) is 24.0 Å². The number of nitrogens with two attached hydrogens (primary N) is 1. The largest absolute Gasteiger partial charge is 0.495 e. The summed E-state index contributed by atoms with van der Waals surface area (Å²) in [6.07, 6.45) is 0. The lowest BCUT2D eigenvalue weighted by molar-refractivity contribution is -0.384.